The van der Waals surface area contributed by atoms with Gasteiger partial charge in [0.05, 0.1) is 11.5 Å². The molecule has 0 spiro atoms. The van der Waals surface area contributed by atoms with E-state index >= 15 is 0 Å². The van der Waals surface area contributed by atoms with Crippen molar-refractivity contribution in [1.29, 1.82) is 0 Å². The van der Waals surface area contributed by atoms with Gasteiger partial charge in [0.2, 0.25) is 10.0 Å². The molecule has 1 heterocycles. The molecule has 1 aromatic rings. The first-order valence-corrected chi connectivity index (χ1v) is 9.43. The van der Waals surface area contributed by atoms with Gasteiger partial charge in [-0.2, -0.15) is 4.31 Å². The third-order valence-corrected chi connectivity index (χ3v) is 6.20. The molecule has 1 fully saturated rings. The zero-order valence-electron chi connectivity index (χ0n) is 14.2. The first-order valence-electron chi connectivity index (χ1n) is 7.99. The highest BCUT2D eigenvalue weighted by atomic mass is 32.2. The summed E-state index contributed by atoms with van der Waals surface area (Å²) >= 11 is 0. The van der Waals surface area contributed by atoms with Crippen molar-refractivity contribution in [3.8, 4) is 5.75 Å². The Morgan fingerprint density at radius 1 is 1.14 bits per heavy atom. The van der Waals surface area contributed by atoms with Crippen molar-refractivity contribution in [2.24, 2.45) is 11.8 Å². The molecule has 124 valence electrons. The standard InChI is InChI=1S/C17H27NO3S/c1-6-21-16-8-15(5)17(9-14(16)4)22(19,20)18-10-12(2)7-13(3)11-18/h8-9,12-13H,6-7,10-11H2,1-5H3/t12-,13-/m0/s1. The minimum Gasteiger partial charge on any atom is -0.494 e. The van der Waals surface area contributed by atoms with Crippen LogP contribution in [0.1, 0.15) is 38.3 Å². The average Bonchev–Trinajstić information content (AvgIpc) is 2.41. The van der Waals surface area contributed by atoms with Crippen molar-refractivity contribution in [2.75, 3.05) is 19.7 Å². The second-order valence-corrected chi connectivity index (χ2v) is 8.49. The van der Waals surface area contributed by atoms with Crippen LogP contribution in [0.25, 0.3) is 0 Å². The number of rotatable bonds is 4. The molecule has 22 heavy (non-hydrogen) atoms. The molecule has 2 atom stereocenters. The SMILES string of the molecule is CCOc1cc(C)c(S(=O)(=O)N2C[C@@H](C)C[C@H](C)C2)cc1C. The Hall–Kier alpha value is -1.07. The van der Waals surface area contributed by atoms with Gasteiger partial charge in [-0.1, -0.05) is 13.8 Å². The largest absolute Gasteiger partial charge is 0.494 e. The predicted octanol–water partition coefficient (Wildman–Crippen LogP) is 3.37. The van der Waals surface area contributed by atoms with Crippen LogP contribution in [0.5, 0.6) is 5.75 Å². The summed E-state index contributed by atoms with van der Waals surface area (Å²) < 4.78 is 33.2. The first kappa shape index (κ1) is 17.3. The van der Waals surface area contributed by atoms with Gasteiger partial charge in [0.1, 0.15) is 5.75 Å². The molecule has 0 bridgehead atoms. The maximum atomic E-state index is 13.0. The molecule has 0 aliphatic carbocycles. The third-order valence-electron chi connectivity index (χ3n) is 4.23. The topological polar surface area (TPSA) is 46.6 Å². The van der Waals surface area contributed by atoms with Crippen LogP contribution < -0.4 is 4.74 Å². The van der Waals surface area contributed by atoms with E-state index in [1.165, 1.54) is 0 Å². The third kappa shape index (κ3) is 3.46. The number of hydrogen-bond donors (Lipinski definition) is 0. The molecule has 0 unspecified atom stereocenters. The summed E-state index contributed by atoms with van der Waals surface area (Å²) in [4.78, 5) is 0.412. The average molecular weight is 325 g/mol. The highest BCUT2D eigenvalue weighted by Crippen LogP contribution is 2.31. The van der Waals surface area contributed by atoms with Crippen LogP contribution in [0.3, 0.4) is 0 Å². The molecule has 0 saturated carbocycles. The van der Waals surface area contributed by atoms with E-state index in [2.05, 4.69) is 13.8 Å². The lowest BCUT2D eigenvalue weighted by atomic mass is 9.94. The Bertz CT molecular complexity index is 630. The zero-order chi connectivity index (χ0) is 16.5. The van der Waals surface area contributed by atoms with Crippen molar-refractivity contribution in [3.05, 3.63) is 23.3 Å². The second-order valence-electron chi connectivity index (χ2n) is 6.58. The molecule has 1 aliphatic rings. The first-order chi connectivity index (χ1) is 10.3. The fourth-order valence-corrected chi connectivity index (χ4v) is 5.26. The lowest BCUT2D eigenvalue weighted by molar-refractivity contribution is 0.222. The van der Waals surface area contributed by atoms with Crippen LogP contribution in [-0.4, -0.2) is 32.4 Å². The minimum atomic E-state index is -3.43. The minimum absolute atomic E-state index is 0.405. The molecule has 0 aromatic heterocycles. The number of benzene rings is 1. The second kappa shape index (κ2) is 6.59. The van der Waals surface area contributed by atoms with E-state index in [9.17, 15) is 8.42 Å². The number of piperidine rings is 1. The van der Waals surface area contributed by atoms with Gasteiger partial charge in [-0.15, -0.1) is 0 Å². The molecule has 1 saturated heterocycles. The predicted molar refractivity (Wildman–Crippen MR) is 88.8 cm³/mol. The van der Waals surface area contributed by atoms with Crippen molar-refractivity contribution in [3.63, 3.8) is 0 Å². The van der Waals surface area contributed by atoms with Crippen molar-refractivity contribution in [2.45, 2.75) is 45.9 Å². The molecule has 0 amide bonds. The van der Waals surface area contributed by atoms with Crippen LogP contribution >= 0.6 is 0 Å². The maximum Gasteiger partial charge on any atom is 0.243 e. The van der Waals surface area contributed by atoms with E-state index in [1.807, 2.05) is 26.8 Å². The molecule has 1 aromatic carbocycles. The smallest absolute Gasteiger partial charge is 0.243 e. The number of sulfonamides is 1. The summed E-state index contributed by atoms with van der Waals surface area (Å²) in [5.41, 5.74) is 1.61. The molecule has 1 aliphatic heterocycles. The number of nitrogens with zero attached hydrogens (tertiary/aromatic N) is 1. The van der Waals surface area contributed by atoms with Gasteiger partial charge in [0.25, 0.3) is 0 Å². The summed E-state index contributed by atoms with van der Waals surface area (Å²) in [6.07, 6.45) is 1.09. The van der Waals surface area contributed by atoms with Crippen molar-refractivity contribution in [1.82, 2.24) is 4.31 Å². The van der Waals surface area contributed by atoms with Crippen LogP contribution in [-0.2, 0) is 10.0 Å². The monoisotopic (exact) mass is 325 g/mol. The van der Waals surface area contributed by atoms with Crippen LogP contribution in [0, 0.1) is 25.7 Å². The Morgan fingerprint density at radius 2 is 1.73 bits per heavy atom. The molecule has 2 rings (SSSR count). The van der Waals surface area contributed by atoms with Gasteiger partial charge >= 0.3 is 0 Å². The molecular weight excluding hydrogens is 298 g/mol. The summed E-state index contributed by atoms with van der Waals surface area (Å²) in [7, 11) is -3.43. The lowest BCUT2D eigenvalue weighted by Crippen LogP contribution is -2.42. The van der Waals surface area contributed by atoms with Crippen molar-refractivity contribution >= 4 is 10.0 Å². The number of ether oxygens (including phenoxy) is 1. The lowest BCUT2D eigenvalue weighted by Gasteiger charge is -2.34. The van der Waals surface area contributed by atoms with Crippen molar-refractivity contribution < 1.29 is 13.2 Å². The van der Waals surface area contributed by atoms with Gasteiger partial charge in [-0.3, -0.25) is 0 Å². The van der Waals surface area contributed by atoms with Crippen LogP contribution in [0.4, 0.5) is 0 Å². The Labute approximate surface area is 134 Å². The maximum absolute atomic E-state index is 13.0. The Morgan fingerprint density at radius 3 is 2.27 bits per heavy atom. The van der Waals surface area contributed by atoms with Gasteiger partial charge < -0.3 is 4.74 Å². The van der Waals surface area contributed by atoms with E-state index in [4.69, 9.17) is 4.74 Å². The summed E-state index contributed by atoms with van der Waals surface area (Å²) in [5.74, 6) is 1.57. The fourth-order valence-electron chi connectivity index (χ4n) is 3.29. The highest BCUT2D eigenvalue weighted by molar-refractivity contribution is 7.89. The van der Waals surface area contributed by atoms with Gasteiger partial charge in [0, 0.05) is 13.1 Å². The molecular formula is C17H27NO3S. The van der Waals surface area contributed by atoms with Crippen LogP contribution in [0.2, 0.25) is 0 Å². The van der Waals surface area contributed by atoms with E-state index < -0.39 is 10.0 Å². The van der Waals surface area contributed by atoms with Gasteiger partial charge in [0.15, 0.2) is 0 Å². The number of hydrogen-bond acceptors (Lipinski definition) is 3. The Kier molecular flexibility index (Phi) is 5.17. The summed E-state index contributed by atoms with van der Waals surface area (Å²) in [5, 5.41) is 0. The Balaban J connectivity index is 2.39. The highest BCUT2D eigenvalue weighted by Gasteiger charge is 2.32. The normalized spacial score (nSPS) is 23.5. The molecule has 4 nitrogen and oxygen atoms in total. The van der Waals surface area contributed by atoms with E-state index in [-0.39, 0.29) is 0 Å². The van der Waals surface area contributed by atoms with Crippen LogP contribution in [0.15, 0.2) is 17.0 Å². The molecule has 5 heteroatoms. The van der Waals surface area contributed by atoms with Gasteiger partial charge in [-0.05, 0) is 62.3 Å². The summed E-state index contributed by atoms with van der Waals surface area (Å²) in [6.45, 7) is 11.7. The zero-order valence-corrected chi connectivity index (χ0v) is 15.0. The number of aryl methyl sites for hydroxylation is 2. The van der Waals surface area contributed by atoms with Gasteiger partial charge in [-0.25, -0.2) is 8.42 Å². The summed E-state index contributed by atoms with van der Waals surface area (Å²) in [6, 6.07) is 3.59. The van der Waals surface area contributed by atoms with E-state index in [0.29, 0.717) is 36.4 Å². The fraction of sp³-hybridized carbons (Fsp3) is 0.647. The molecule has 0 N–H and O–H groups in total. The van der Waals surface area contributed by atoms with E-state index in [1.54, 1.807) is 10.4 Å². The molecule has 0 radical (unpaired) electrons. The quantitative estimate of drug-likeness (QED) is 0.852. The van der Waals surface area contributed by atoms with E-state index in [0.717, 1.165) is 23.3 Å².